The van der Waals surface area contributed by atoms with Crippen LogP contribution in [0.5, 0.6) is 0 Å². The number of alkyl halides is 1. The first-order chi connectivity index (χ1) is 16.6. The Morgan fingerprint density at radius 3 is 2.49 bits per heavy atom. The van der Waals surface area contributed by atoms with Gasteiger partial charge in [-0.1, -0.05) is 18.2 Å². The highest BCUT2D eigenvalue weighted by atomic mass is 32.2. The van der Waals surface area contributed by atoms with E-state index >= 15 is 4.39 Å². The van der Waals surface area contributed by atoms with E-state index in [1.807, 2.05) is 31.3 Å². The molecule has 11 heteroatoms. The van der Waals surface area contributed by atoms with Gasteiger partial charge in [-0.2, -0.15) is 0 Å². The van der Waals surface area contributed by atoms with Crippen molar-refractivity contribution in [2.24, 2.45) is 0 Å². The number of halogens is 1. The zero-order valence-electron chi connectivity index (χ0n) is 19.3. The zero-order chi connectivity index (χ0) is 25.0. The van der Waals surface area contributed by atoms with Crippen LogP contribution in [0.3, 0.4) is 0 Å². The van der Waals surface area contributed by atoms with Crippen molar-refractivity contribution in [3.63, 3.8) is 0 Å². The van der Waals surface area contributed by atoms with Crippen molar-refractivity contribution < 1.29 is 17.2 Å². The Balaban J connectivity index is 1.50. The molecule has 0 unspecified atom stereocenters. The van der Waals surface area contributed by atoms with Gasteiger partial charge in [0.05, 0.1) is 16.8 Å². The van der Waals surface area contributed by atoms with E-state index in [1.54, 1.807) is 6.07 Å². The molecule has 5 rings (SSSR count). The molecule has 4 aromatic rings. The Kier molecular flexibility index (Phi) is 5.41. The minimum atomic E-state index is -3.79. The number of benzene rings is 2. The van der Waals surface area contributed by atoms with Crippen LogP contribution in [0.25, 0.3) is 34.3 Å². The molecule has 0 spiro atoms. The van der Waals surface area contributed by atoms with Crippen LogP contribution in [0.2, 0.25) is 0 Å². The molecule has 0 bridgehead atoms. The van der Waals surface area contributed by atoms with Gasteiger partial charge in [0.1, 0.15) is 10.9 Å². The lowest BCUT2D eigenvalue weighted by Gasteiger charge is -2.19. The number of nitrogens with zero attached hydrogens (tertiary/aromatic N) is 4. The van der Waals surface area contributed by atoms with Crippen molar-refractivity contribution >= 4 is 15.7 Å². The van der Waals surface area contributed by atoms with Crippen LogP contribution >= 0.6 is 0 Å². The molecular weight excluding hydrogens is 471 g/mol. The molecule has 3 N–H and O–H groups in total. The molecule has 1 aliphatic heterocycles. The molecule has 180 valence electrons. The fourth-order valence-corrected chi connectivity index (χ4v) is 5.73. The quantitative estimate of drug-likeness (QED) is 0.425. The number of rotatable bonds is 5. The van der Waals surface area contributed by atoms with Gasteiger partial charge in [0.2, 0.25) is 5.89 Å². The van der Waals surface area contributed by atoms with Gasteiger partial charge in [0.15, 0.2) is 21.3 Å². The molecule has 2 aromatic carbocycles. The van der Waals surface area contributed by atoms with E-state index in [0.29, 0.717) is 17.1 Å². The van der Waals surface area contributed by atoms with E-state index in [2.05, 4.69) is 25.5 Å². The van der Waals surface area contributed by atoms with Gasteiger partial charge in [0, 0.05) is 23.2 Å². The Morgan fingerprint density at radius 1 is 1.09 bits per heavy atom. The molecular formula is C24H23FN6O3S. The minimum absolute atomic E-state index is 0.00958. The summed E-state index contributed by atoms with van der Waals surface area (Å²) >= 11 is 0. The van der Waals surface area contributed by atoms with Crippen LogP contribution in [0, 0.1) is 0 Å². The summed E-state index contributed by atoms with van der Waals surface area (Å²) in [4.78, 5) is 8.69. The minimum Gasteiger partial charge on any atom is -0.414 e. The summed E-state index contributed by atoms with van der Waals surface area (Å²) in [5.41, 5.74) is 9.03. The third-order valence-corrected chi connectivity index (χ3v) is 8.72. The van der Waals surface area contributed by atoms with Crippen molar-refractivity contribution in [2.75, 3.05) is 12.8 Å². The van der Waals surface area contributed by atoms with Crippen molar-refractivity contribution in [3.8, 4) is 34.3 Å². The largest absolute Gasteiger partial charge is 0.414 e. The predicted octanol–water partition coefficient (Wildman–Crippen LogP) is 3.74. The molecule has 0 amide bonds. The average Bonchev–Trinajstić information content (AvgIpc) is 3.38. The van der Waals surface area contributed by atoms with Crippen molar-refractivity contribution in [1.29, 1.82) is 0 Å². The normalized spacial score (nSPS) is 17.9. The van der Waals surface area contributed by atoms with Gasteiger partial charge in [0.25, 0.3) is 5.89 Å². The average molecular weight is 495 g/mol. The first-order valence-electron chi connectivity index (χ1n) is 10.9. The van der Waals surface area contributed by atoms with Crippen LogP contribution < -0.4 is 11.1 Å². The number of nitrogens with two attached hydrogens (primary N) is 1. The van der Waals surface area contributed by atoms with E-state index in [1.165, 1.54) is 32.2 Å². The Bertz CT molecular complexity index is 1530. The van der Waals surface area contributed by atoms with Gasteiger partial charge in [-0.3, -0.25) is 0 Å². The van der Waals surface area contributed by atoms with Crippen molar-refractivity contribution in [2.45, 2.75) is 36.2 Å². The number of nitrogen functional groups attached to an aromatic ring is 1. The van der Waals surface area contributed by atoms with Crippen LogP contribution in [0.1, 0.15) is 31.1 Å². The third-order valence-electron chi connectivity index (χ3n) is 6.18. The van der Waals surface area contributed by atoms with Gasteiger partial charge < -0.3 is 15.5 Å². The lowest BCUT2D eigenvalue weighted by molar-refractivity contribution is 0.284. The highest BCUT2D eigenvalue weighted by molar-refractivity contribution is 7.93. The molecule has 3 heterocycles. The number of hydrogen-bond acceptors (Lipinski definition) is 9. The second kappa shape index (κ2) is 8.21. The smallest absolute Gasteiger partial charge is 0.270 e. The predicted molar refractivity (Wildman–Crippen MR) is 128 cm³/mol. The maximum Gasteiger partial charge on any atom is 0.270 e. The van der Waals surface area contributed by atoms with E-state index in [-0.39, 0.29) is 27.9 Å². The van der Waals surface area contributed by atoms with Gasteiger partial charge in [-0.25, -0.2) is 22.8 Å². The van der Waals surface area contributed by atoms with E-state index in [0.717, 1.165) is 17.7 Å². The molecule has 0 saturated heterocycles. The number of hydrogen-bond donors (Lipinski definition) is 2. The highest BCUT2D eigenvalue weighted by Crippen LogP contribution is 2.49. The SMILES string of the molecule is CNCc1ccc(-c2nnc(-c3nc(-c4ccc5c(c4)[C@@H](F)C(C)(C)S5(=O)=O)cnc3N)o2)cc1. The van der Waals surface area contributed by atoms with Crippen molar-refractivity contribution in [3.05, 3.63) is 59.8 Å². The Morgan fingerprint density at radius 2 is 1.77 bits per heavy atom. The third kappa shape index (κ3) is 3.67. The summed E-state index contributed by atoms with van der Waals surface area (Å²) in [6.45, 7) is 3.51. The number of aromatic nitrogens is 4. The van der Waals surface area contributed by atoms with E-state index in [9.17, 15) is 8.42 Å². The van der Waals surface area contributed by atoms with E-state index in [4.69, 9.17) is 10.2 Å². The molecule has 1 atom stereocenters. The fourth-order valence-electron chi connectivity index (χ4n) is 4.04. The molecule has 0 aliphatic carbocycles. The Hall–Kier alpha value is -3.70. The van der Waals surface area contributed by atoms with Gasteiger partial charge in [-0.15, -0.1) is 10.2 Å². The van der Waals surface area contributed by atoms with Gasteiger partial charge in [-0.05, 0) is 50.7 Å². The monoisotopic (exact) mass is 494 g/mol. The first-order valence-corrected chi connectivity index (χ1v) is 12.3. The van der Waals surface area contributed by atoms with Crippen molar-refractivity contribution in [1.82, 2.24) is 25.5 Å². The summed E-state index contributed by atoms with van der Waals surface area (Å²) in [6.07, 6.45) is -0.234. The summed E-state index contributed by atoms with van der Waals surface area (Å²) in [6, 6.07) is 12.1. The molecule has 0 fully saturated rings. The van der Waals surface area contributed by atoms with E-state index < -0.39 is 20.8 Å². The molecule has 35 heavy (non-hydrogen) atoms. The topological polar surface area (TPSA) is 137 Å². The summed E-state index contributed by atoms with van der Waals surface area (Å²) in [5.74, 6) is 0.466. The second-order valence-corrected chi connectivity index (χ2v) is 11.3. The number of sulfone groups is 1. The number of fused-ring (bicyclic) bond motifs is 1. The Labute approximate surface area is 201 Å². The standard InChI is InChI=1S/C24H23FN6O3S/c1-24(2)20(25)16-10-15(8-9-18(16)35(24,32)33)17-12-28-21(26)19(29-17)23-31-30-22(34-23)14-6-4-13(5-7-14)11-27-3/h4-10,12,20,27H,11H2,1-3H3,(H2,26,28)/t20-/m1/s1. The lowest BCUT2D eigenvalue weighted by atomic mass is 9.98. The molecule has 0 saturated carbocycles. The molecule has 1 aliphatic rings. The van der Waals surface area contributed by atoms with Crippen LogP contribution in [-0.2, 0) is 16.4 Å². The second-order valence-electron chi connectivity index (χ2n) is 8.85. The summed E-state index contributed by atoms with van der Waals surface area (Å²) < 4.78 is 44.7. The fraction of sp³-hybridized carbons (Fsp3) is 0.250. The lowest BCUT2D eigenvalue weighted by Crippen LogP contribution is -2.30. The molecule has 0 radical (unpaired) electrons. The maximum atomic E-state index is 15.1. The summed E-state index contributed by atoms with van der Waals surface area (Å²) in [7, 11) is -1.91. The summed E-state index contributed by atoms with van der Waals surface area (Å²) in [5, 5.41) is 11.3. The van der Waals surface area contributed by atoms with Crippen LogP contribution in [0.15, 0.2) is 58.0 Å². The zero-order valence-corrected chi connectivity index (χ0v) is 20.1. The van der Waals surface area contributed by atoms with Crippen LogP contribution in [-0.4, -0.2) is 40.4 Å². The molecule has 2 aromatic heterocycles. The number of anilines is 1. The van der Waals surface area contributed by atoms with Gasteiger partial charge >= 0.3 is 0 Å². The highest BCUT2D eigenvalue weighted by Gasteiger charge is 2.52. The first kappa shape index (κ1) is 23.1. The molecule has 9 nitrogen and oxygen atoms in total. The van der Waals surface area contributed by atoms with Crippen LogP contribution in [0.4, 0.5) is 10.2 Å². The number of nitrogens with one attached hydrogen (secondary N) is 1. The maximum absolute atomic E-state index is 15.1.